The third-order valence-corrected chi connectivity index (χ3v) is 6.78. The minimum atomic E-state index is -0.188. The summed E-state index contributed by atoms with van der Waals surface area (Å²) in [7, 11) is 0. The lowest BCUT2D eigenvalue weighted by Gasteiger charge is -2.17. The van der Waals surface area contributed by atoms with E-state index in [0.717, 1.165) is 16.8 Å². The summed E-state index contributed by atoms with van der Waals surface area (Å²) in [5.41, 5.74) is 5.93. The molecular weight excluding hydrogens is 416 g/mol. The maximum absolute atomic E-state index is 12.9. The highest BCUT2D eigenvalue weighted by Gasteiger charge is 2.19. The molecule has 3 aromatic carbocycles. The monoisotopic (exact) mass is 438 g/mol. The first-order valence-electron chi connectivity index (χ1n) is 10.4. The zero-order valence-electron chi connectivity index (χ0n) is 17.8. The number of H-pyrrole nitrogens is 1. The molecule has 1 N–H and O–H groups in total. The van der Waals surface area contributed by atoms with Gasteiger partial charge in [0.1, 0.15) is 5.39 Å². The number of rotatable bonds is 5. The zero-order valence-corrected chi connectivity index (χ0v) is 18.6. The molecule has 0 radical (unpaired) electrons. The first-order chi connectivity index (χ1) is 15.6. The van der Waals surface area contributed by atoms with Crippen molar-refractivity contribution in [1.29, 1.82) is 0 Å². The van der Waals surface area contributed by atoms with E-state index >= 15 is 0 Å². The highest BCUT2D eigenvalue weighted by atomic mass is 32.2. The third kappa shape index (κ3) is 3.85. The van der Waals surface area contributed by atoms with Crippen molar-refractivity contribution in [3.8, 4) is 5.69 Å². The van der Waals surface area contributed by atoms with Crippen molar-refractivity contribution in [1.82, 2.24) is 19.7 Å². The second-order valence-corrected chi connectivity index (χ2v) is 8.85. The van der Waals surface area contributed by atoms with Gasteiger partial charge in [-0.25, -0.2) is 9.67 Å². The zero-order chi connectivity index (χ0) is 22.1. The van der Waals surface area contributed by atoms with Gasteiger partial charge in [0.05, 0.1) is 17.1 Å². The molecule has 5 aromatic rings. The Balaban J connectivity index is 1.60. The van der Waals surface area contributed by atoms with Crippen molar-refractivity contribution < 1.29 is 0 Å². The molecule has 2 heterocycles. The maximum atomic E-state index is 12.9. The van der Waals surface area contributed by atoms with Crippen LogP contribution < -0.4 is 5.56 Å². The lowest BCUT2D eigenvalue weighted by Crippen LogP contribution is -2.11. The van der Waals surface area contributed by atoms with Gasteiger partial charge in [0.25, 0.3) is 5.56 Å². The van der Waals surface area contributed by atoms with E-state index in [0.29, 0.717) is 16.2 Å². The van der Waals surface area contributed by atoms with Gasteiger partial charge in [-0.3, -0.25) is 4.79 Å². The lowest BCUT2D eigenvalue weighted by molar-refractivity contribution is 0.870. The normalized spacial score (nSPS) is 11.3. The van der Waals surface area contributed by atoms with Gasteiger partial charge in [-0.2, -0.15) is 5.10 Å². The van der Waals surface area contributed by atoms with E-state index in [1.54, 1.807) is 10.9 Å². The number of nitrogens with zero attached hydrogens (tertiary/aromatic N) is 3. The Morgan fingerprint density at radius 2 is 1.53 bits per heavy atom. The molecule has 6 heteroatoms. The predicted octanol–water partition coefficient (Wildman–Crippen LogP) is 5.61. The van der Waals surface area contributed by atoms with Crippen LogP contribution in [0.5, 0.6) is 0 Å². The molecule has 0 aliphatic heterocycles. The Bertz CT molecular complexity index is 1400. The Labute approximate surface area is 190 Å². The summed E-state index contributed by atoms with van der Waals surface area (Å²) in [6, 6.07) is 26.6. The molecule has 2 aromatic heterocycles. The van der Waals surface area contributed by atoms with Crippen molar-refractivity contribution in [2.24, 2.45) is 0 Å². The van der Waals surface area contributed by atoms with Crippen LogP contribution in [0.2, 0.25) is 0 Å². The average molecular weight is 439 g/mol. The smallest absolute Gasteiger partial charge is 0.262 e. The molecule has 5 rings (SSSR count). The van der Waals surface area contributed by atoms with Crippen LogP contribution in [0.25, 0.3) is 16.7 Å². The molecule has 0 saturated heterocycles. The average Bonchev–Trinajstić information content (AvgIpc) is 3.25. The fourth-order valence-electron chi connectivity index (χ4n) is 3.70. The molecule has 0 saturated carbocycles. The van der Waals surface area contributed by atoms with Crippen molar-refractivity contribution >= 4 is 22.8 Å². The minimum Gasteiger partial charge on any atom is -0.301 e. The van der Waals surface area contributed by atoms with Gasteiger partial charge < -0.3 is 4.98 Å². The van der Waals surface area contributed by atoms with Crippen LogP contribution in [0.1, 0.15) is 27.5 Å². The molecular formula is C26H22N4OS. The summed E-state index contributed by atoms with van der Waals surface area (Å²) in [6.07, 6.45) is 1.58. The quantitative estimate of drug-likeness (QED) is 0.286. The Morgan fingerprint density at radius 1 is 0.875 bits per heavy atom. The van der Waals surface area contributed by atoms with Crippen LogP contribution in [-0.2, 0) is 0 Å². The van der Waals surface area contributed by atoms with E-state index in [1.165, 1.54) is 22.9 Å². The van der Waals surface area contributed by atoms with Gasteiger partial charge in [-0.05, 0) is 48.2 Å². The molecule has 158 valence electrons. The van der Waals surface area contributed by atoms with Crippen LogP contribution >= 0.6 is 11.8 Å². The molecule has 0 spiro atoms. The van der Waals surface area contributed by atoms with Crippen LogP contribution in [0.3, 0.4) is 0 Å². The predicted molar refractivity (Wildman–Crippen MR) is 130 cm³/mol. The van der Waals surface area contributed by atoms with Crippen LogP contribution in [0.15, 0.2) is 95.0 Å². The summed E-state index contributed by atoms with van der Waals surface area (Å²) in [5, 5.41) is 5.49. The van der Waals surface area contributed by atoms with E-state index < -0.39 is 0 Å². The second kappa shape index (κ2) is 8.48. The molecule has 0 aliphatic carbocycles. The van der Waals surface area contributed by atoms with Gasteiger partial charge >= 0.3 is 0 Å². The number of benzene rings is 3. The van der Waals surface area contributed by atoms with E-state index in [-0.39, 0.29) is 10.8 Å². The Hall–Kier alpha value is -3.64. The number of aryl methyl sites for hydroxylation is 2. The highest BCUT2D eigenvalue weighted by Crippen LogP contribution is 2.38. The summed E-state index contributed by atoms with van der Waals surface area (Å²) in [6.45, 7) is 4.14. The maximum Gasteiger partial charge on any atom is 0.262 e. The van der Waals surface area contributed by atoms with Crippen LogP contribution in [0.4, 0.5) is 0 Å². The summed E-state index contributed by atoms with van der Waals surface area (Å²) in [5.74, 6) is 0. The number of fused-ring (bicyclic) bond motifs is 1. The standard InChI is InChI=1S/C26H22N4OS/c1-17-13-14-21(15-18(17)2)30-24-22(16-27-30)25(31)29-26(28-24)32-23(19-9-5-3-6-10-19)20-11-7-4-8-12-20/h3-16,23H,1-2H3,(H,28,29,31). The first kappa shape index (κ1) is 20.3. The summed E-state index contributed by atoms with van der Waals surface area (Å²) in [4.78, 5) is 20.6. The number of nitrogens with one attached hydrogen (secondary N) is 1. The van der Waals surface area contributed by atoms with Crippen molar-refractivity contribution in [3.05, 3.63) is 118 Å². The molecule has 0 amide bonds. The van der Waals surface area contributed by atoms with Gasteiger partial charge in [0, 0.05) is 0 Å². The molecule has 32 heavy (non-hydrogen) atoms. The van der Waals surface area contributed by atoms with Gasteiger partial charge in [0.15, 0.2) is 10.8 Å². The number of aromatic amines is 1. The van der Waals surface area contributed by atoms with Crippen molar-refractivity contribution in [2.75, 3.05) is 0 Å². The minimum absolute atomic E-state index is 0.00371. The molecule has 0 atom stereocenters. The van der Waals surface area contributed by atoms with Crippen LogP contribution in [0, 0.1) is 13.8 Å². The molecule has 0 unspecified atom stereocenters. The SMILES string of the molecule is Cc1ccc(-n2ncc3c(=O)[nH]c(SC(c4ccccc4)c4ccccc4)nc32)cc1C. The van der Waals surface area contributed by atoms with Crippen LogP contribution in [-0.4, -0.2) is 19.7 Å². The summed E-state index contributed by atoms with van der Waals surface area (Å²) >= 11 is 1.53. The van der Waals surface area contributed by atoms with Gasteiger partial charge in [0.2, 0.25) is 0 Å². The van der Waals surface area contributed by atoms with E-state index in [9.17, 15) is 4.79 Å². The third-order valence-electron chi connectivity index (χ3n) is 5.59. The fourth-order valence-corrected chi connectivity index (χ4v) is 4.80. The number of hydrogen-bond acceptors (Lipinski definition) is 4. The van der Waals surface area contributed by atoms with E-state index in [1.807, 2.05) is 42.5 Å². The first-order valence-corrected chi connectivity index (χ1v) is 11.3. The van der Waals surface area contributed by atoms with Crippen molar-refractivity contribution in [3.63, 3.8) is 0 Å². The Morgan fingerprint density at radius 3 is 2.16 bits per heavy atom. The molecule has 0 fully saturated rings. The lowest BCUT2D eigenvalue weighted by atomic mass is 10.0. The number of hydrogen-bond donors (Lipinski definition) is 1. The van der Waals surface area contributed by atoms with Gasteiger partial charge in [-0.15, -0.1) is 0 Å². The highest BCUT2D eigenvalue weighted by molar-refractivity contribution is 7.99. The van der Waals surface area contributed by atoms with E-state index in [4.69, 9.17) is 4.98 Å². The van der Waals surface area contributed by atoms with Gasteiger partial charge in [-0.1, -0.05) is 78.5 Å². The number of aromatic nitrogens is 4. The molecule has 0 bridgehead atoms. The number of thioether (sulfide) groups is 1. The largest absolute Gasteiger partial charge is 0.301 e. The molecule has 5 nitrogen and oxygen atoms in total. The Kier molecular flexibility index (Phi) is 5.37. The second-order valence-electron chi connectivity index (χ2n) is 7.75. The fraction of sp³-hybridized carbons (Fsp3) is 0.115. The summed E-state index contributed by atoms with van der Waals surface area (Å²) < 4.78 is 1.74. The van der Waals surface area contributed by atoms with Crippen molar-refractivity contribution in [2.45, 2.75) is 24.3 Å². The molecule has 0 aliphatic rings. The van der Waals surface area contributed by atoms with E-state index in [2.05, 4.69) is 60.3 Å². The topological polar surface area (TPSA) is 63.6 Å².